The van der Waals surface area contributed by atoms with Crippen molar-refractivity contribution in [3.8, 4) is 12.3 Å². The van der Waals surface area contributed by atoms with Crippen LogP contribution in [0.5, 0.6) is 0 Å². The number of rotatable bonds is 4. The molecule has 0 bridgehead atoms. The highest BCUT2D eigenvalue weighted by molar-refractivity contribution is 5.78. The predicted octanol–water partition coefficient (Wildman–Crippen LogP) is 3.12. The molecule has 0 saturated heterocycles. The SMILES string of the molecule is C#CC=NC(=C/C=C)/C(C)=C\CC. The van der Waals surface area contributed by atoms with Gasteiger partial charge in [0.1, 0.15) is 0 Å². The van der Waals surface area contributed by atoms with E-state index in [4.69, 9.17) is 6.42 Å². The Morgan fingerprint density at radius 1 is 1.62 bits per heavy atom. The summed E-state index contributed by atoms with van der Waals surface area (Å²) in [5.74, 6) is 2.36. The fraction of sp³-hybridized carbons (Fsp3) is 0.250. The second kappa shape index (κ2) is 7.12. The van der Waals surface area contributed by atoms with Crippen molar-refractivity contribution in [1.82, 2.24) is 0 Å². The number of aliphatic imine (C=N–C) groups is 1. The highest BCUT2D eigenvalue weighted by Crippen LogP contribution is 2.11. The Bertz CT molecular complexity index is 285. The molecule has 0 rings (SSSR count). The third-order valence-corrected chi connectivity index (χ3v) is 1.47. The summed E-state index contributed by atoms with van der Waals surface area (Å²) in [6, 6.07) is 0. The van der Waals surface area contributed by atoms with Crippen molar-refractivity contribution < 1.29 is 0 Å². The van der Waals surface area contributed by atoms with E-state index in [0.29, 0.717) is 0 Å². The summed E-state index contributed by atoms with van der Waals surface area (Å²) in [6.45, 7) is 7.71. The summed E-state index contributed by atoms with van der Waals surface area (Å²) < 4.78 is 0. The van der Waals surface area contributed by atoms with Gasteiger partial charge in [-0.2, -0.15) is 0 Å². The highest BCUT2D eigenvalue weighted by Gasteiger charge is 1.93. The smallest absolute Gasteiger partial charge is 0.0771 e. The lowest BCUT2D eigenvalue weighted by atomic mass is 10.2. The molecule has 0 aliphatic heterocycles. The van der Waals surface area contributed by atoms with Crippen molar-refractivity contribution in [1.29, 1.82) is 0 Å². The first-order chi connectivity index (χ1) is 6.26. The average Bonchev–Trinajstić information content (AvgIpc) is 2.12. The molecule has 0 aliphatic rings. The first-order valence-electron chi connectivity index (χ1n) is 4.24. The maximum Gasteiger partial charge on any atom is 0.0771 e. The molecule has 0 heterocycles. The molecule has 1 heteroatoms. The largest absolute Gasteiger partial charge is 0.248 e. The minimum absolute atomic E-state index is 0.870. The van der Waals surface area contributed by atoms with Gasteiger partial charge in [0, 0.05) is 0 Å². The van der Waals surface area contributed by atoms with Gasteiger partial charge in [-0.15, -0.1) is 6.42 Å². The standard InChI is InChI=1S/C12H15N/c1-5-8-11(4)12(9-6-2)13-10-7-3/h3,6,8-10H,2,5H2,1,4H3/b11-8-,12-9+,13-10?. The zero-order chi connectivity index (χ0) is 10.1. The van der Waals surface area contributed by atoms with Crippen LogP contribution in [0.3, 0.4) is 0 Å². The van der Waals surface area contributed by atoms with Crippen molar-refractivity contribution in [3.05, 3.63) is 36.1 Å². The van der Waals surface area contributed by atoms with Gasteiger partial charge in [0.15, 0.2) is 0 Å². The summed E-state index contributed by atoms with van der Waals surface area (Å²) in [4.78, 5) is 4.11. The Hall–Kier alpha value is -1.55. The second-order valence-electron chi connectivity index (χ2n) is 2.51. The highest BCUT2D eigenvalue weighted by atomic mass is 14.7. The molecule has 0 spiro atoms. The van der Waals surface area contributed by atoms with E-state index in [0.717, 1.165) is 17.7 Å². The minimum atomic E-state index is 0.870. The Morgan fingerprint density at radius 2 is 2.31 bits per heavy atom. The maximum absolute atomic E-state index is 5.08. The van der Waals surface area contributed by atoms with Gasteiger partial charge < -0.3 is 0 Å². The van der Waals surface area contributed by atoms with Crippen LogP contribution >= 0.6 is 0 Å². The van der Waals surface area contributed by atoms with Crippen molar-refractivity contribution in [3.63, 3.8) is 0 Å². The van der Waals surface area contributed by atoms with E-state index in [-0.39, 0.29) is 0 Å². The van der Waals surface area contributed by atoms with Gasteiger partial charge in [0.05, 0.1) is 11.9 Å². The maximum atomic E-state index is 5.08. The predicted molar refractivity (Wildman–Crippen MR) is 59.7 cm³/mol. The third kappa shape index (κ3) is 4.81. The van der Waals surface area contributed by atoms with E-state index < -0.39 is 0 Å². The topological polar surface area (TPSA) is 12.4 Å². The molecule has 0 radical (unpaired) electrons. The molecule has 0 N–H and O–H groups in total. The summed E-state index contributed by atoms with van der Waals surface area (Å²) in [5.41, 5.74) is 1.99. The Kier molecular flexibility index (Phi) is 6.27. The van der Waals surface area contributed by atoms with Crippen LogP contribution in [-0.4, -0.2) is 6.21 Å². The molecule has 0 aromatic carbocycles. The molecule has 0 aromatic rings. The van der Waals surface area contributed by atoms with E-state index in [9.17, 15) is 0 Å². The molecule has 0 unspecified atom stereocenters. The summed E-state index contributed by atoms with van der Waals surface area (Å²) in [7, 11) is 0. The van der Waals surface area contributed by atoms with Crippen molar-refractivity contribution >= 4 is 6.21 Å². The van der Waals surface area contributed by atoms with Gasteiger partial charge in [-0.1, -0.05) is 31.6 Å². The number of terminal acetylenes is 1. The van der Waals surface area contributed by atoms with E-state index in [2.05, 4.69) is 30.5 Å². The Morgan fingerprint density at radius 3 is 2.77 bits per heavy atom. The number of nitrogens with zero attached hydrogens (tertiary/aromatic N) is 1. The summed E-state index contributed by atoms with van der Waals surface area (Å²) in [5, 5.41) is 0. The lowest BCUT2D eigenvalue weighted by Gasteiger charge is -1.99. The van der Waals surface area contributed by atoms with Crippen LogP contribution in [0.15, 0.2) is 41.1 Å². The van der Waals surface area contributed by atoms with E-state index in [1.54, 1.807) is 6.08 Å². The summed E-state index contributed by atoms with van der Waals surface area (Å²) >= 11 is 0. The third-order valence-electron chi connectivity index (χ3n) is 1.47. The van der Waals surface area contributed by atoms with E-state index in [1.165, 1.54) is 6.21 Å². The molecule has 13 heavy (non-hydrogen) atoms. The van der Waals surface area contributed by atoms with Crippen molar-refractivity contribution in [2.75, 3.05) is 0 Å². The van der Waals surface area contributed by atoms with Crippen molar-refractivity contribution in [2.45, 2.75) is 20.3 Å². The zero-order valence-corrected chi connectivity index (χ0v) is 8.25. The Labute approximate surface area is 80.6 Å². The molecule has 0 amide bonds. The van der Waals surface area contributed by atoms with Crippen LogP contribution in [0.1, 0.15) is 20.3 Å². The fourth-order valence-corrected chi connectivity index (χ4v) is 0.905. The van der Waals surface area contributed by atoms with Crippen LogP contribution in [0, 0.1) is 12.3 Å². The van der Waals surface area contributed by atoms with Gasteiger partial charge >= 0.3 is 0 Å². The summed E-state index contributed by atoms with van der Waals surface area (Å²) in [6.07, 6.45) is 13.2. The quantitative estimate of drug-likeness (QED) is 0.352. The molecular formula is C12H15N. The normalized spacial score (nSPS) is 13.0. The van der Waals surface area contributed by atoms with Gasteiger partial charge in [-0.05, 0) is 25.0 Å². The lowest BCUT2D eigenvalue weighted by Crippen LogP contribution is -1.82. The van der Waals surface area contributed by atoms with Gasteiger partial charge in [0.2, 0.25) is 0 Å². The molecule has 68 valence electrons. The van der Waals surface area contributed by atoms with Crippen LogP contribution in [0.25, 0.3) is 0 Å². The number of hydrogen-bond acceptors (Lipinski definition) is 1. The van der Waals surface area contributed by atoms with Gasteiger partial charge in [-0.25, -0.2) is 4.99 Å². The molecule has 1 nitrogen and oxygen atoms in total. The molecule has 0 atom stereocenters. The first kappa shape index (κ1) is 11.4. The van der Waals surface area contributed by atoms with Crippen LogP contribution in [-0.2, 0) is 0 Å². The van der Waals surface area contributed by atoms with E-state index in [1.807, 2.05) is 13.0 Å². The molecule has 0 aliphatic carbocycles. The molecular weight excluding hydrogens is 158 g/mol. The van der Waals surface area contributed by atoms with Crippen LogP contribution < -0.4 is 0 Å². The monoisotopic (exact) mass is 173 g/mol. The molecule has 0 aromatic heterocycles. The minimum Gasteiger partial charge on any atom is -0.248 e. The molecule has 0 fully saturated rings. The molecule has 0 saturated carbocycles. The average molecular weight is 173 g/mol. The van der Waals surface area contributed by atoms with Gasteiger partial charge in [0.25, 0.3) is 0 Å². The van der Waals surface area contributed by atoms with Gasteiger partial charge in [-0.3, -0.25) is 0 Å². The first-order valence-corrected chi connectivity index (χ1v) is 4.24. The van der Waals surface area contributed by atoms with E-state index >= 15 is 0 Å². The van der Waals surface area contributed by atoms with Crippen molar-refractivity contribution in [2.24, 2.45) is 4.99 Å². The number of allylic oxidation sites excluding steroid dienone is 4. The second-order valence-corrected chi connectivity index (χ2v) is 2.51. The Balaban J connectivity index is 4.74. The lowest BCUT2D eigenvalue weighted by molar-refractivity contribution is 1.17. The van der Waals surface area contributed by atoms with Crippen LogP contribution in [0.4, 0.5) is 0 Å². The zero-order valence-electron chi connectivity index (χ0n) is 8.25. The fourth-order valence-electron chi connectivity index (χ4n) is 0.905. The van der Waals surface area contributed by atoms with Crippen LogP contribution in [0.2, 0.25) is 0 Å². The number of hydrogen-bond donors (Lipinski definition) is 0.